The lowest BCUT2D eigenvalue weighted by Crippen LogP contribution is -2.50. The second-order valence-corrected chi connectivity index (χ2v) is 8.77. The summed E-state index contributed by atoms with van der Waals surface area (Å²) in [5.41, 5.74) is -0.0747. The molecule has 4 rings (SSSR count). The lowest BCUT2D eigenvalue weighted by molar-refractivity contribution is 0.0507. The van der Waals surface area contributed by atoms with Crippen LogP contribution in [0.3, 0.4) is 0 Å². The second-order valence-electron chi connectivity index (χ2n) is 8.77. The number of amides is 4. The lowest BCUT2D eigenvalue weighted by atomic mass is 10.0. The topological polar surface area (TPSA) is 124 Å². The summed E-state index contributed by atoms with van der Waals surface area (Å²) in [5.74, 6) is -1.36. The number of nitrogens with one attached hydrogen (secondary N) is 1. The van der Waals surface area contributed by atoms with Crippen LogP contribution in [0.1, 0.15) is 62.3 Å². The molecule has 0 bridgehead atoms. The molecule has 32 heavy (non-hydrogen) atoms. The number of nitrogens with zero attached hydrogens (tertiary/aromatic N) is 4. The average molecular weight is 437 g/mol. The van der Waals surface area contributed by atoms with E-state index >= 15 is 0 Å². The highest BCUT2D eigenvalue weighted by atomic mass is 16.2. The zero-order valence-corrected chi connectivity index (χ0v) is 18.0. The van der Waals surface area contributed by atoms with Crippen molar-refractivity contribution in [2.45, 2.75) is 26.3 Å². The number of benzene rings is 1. The molecule has 1 aromatic heterocycles. The molecule has 10 nitrogen and oxygen atoms in total. The van der Waals surface area contributed by atoms with E-state index < -0.39 is 17.0 Å². The van der Waals surface area contributed by atoms with Crippen LogP contribution in [0.5, 0.6) is 0 Å². The van der Waals surface area contributed by atoms with Crippen LogP contribution in [0.2, 0.25) is 0 Å². The summed E-state index contributed by atoms with van der Waals surface area (Å²) in [6.45, 7) is 6.59. The number of H-pyrrole nitrogens is 1. The first-order valence-electron chi connectivity index (χ1n) is 10.2. The van der Waals surface area contributed by atoms with E-state index in [4.69, 9.17) is 0 Å². The summed E-state index contributed by atoms with van der Waals surface area (Å²) in [6.07, 6.45) is 0. The number of hydrogen-bond donors (Lipinski definition) is 1. The van der Waals surface area contributed by atoms with Crippen molar-refractivity contribution in [1.29, 1.82) is 0 Å². The van der Waals surface area contributed by atoms with Crippen molar-refractivity contribution in [3.63, 3.8) is 0 Å². The molecule has 3 heterocycles. The number of carbonyl (C=O) groups is 4. The summed E-state index contributed by atoms with van der Waals surface area (Å²) in [6, 6.07) is 7.16. The maximum atomic E-state index is 13.0. The molecule has 1 saturated heterocycles. The van der Waals surface area contributed by atoms with Gasteiger partial charge in [-0.3, -0.25) is 28.9 Å². The Hall–Kier alpha value is -3.82. The Kier molecular flexibility index (Phi) is 5.15. The fourth-order valence-electron chi connectivity index (χ4n) is 3.90. The van der Waals surface area contributed by atoms with Gasteiger partial charge in [-0.05, 0) is 45.0 Å². The molecule has 4 amide bonds. The van der Waals surface area contributed by atoms with Gasteiger partial charge in [0.25, 0.3) is 29.2 Å². The Labute approximate surface area is 183 Å². The third-order valence-corrected chi connectivity index (χ3v) is 5.56. The van der Waals surface area contributed by atoms with Crippen LogP contribution >= 0.6 is 0 Å². The molecule has 1 aromatic carbocycles. The van der Waals surface area contributed by atoms with Crippen LogP contribution in [0.4, 0.5) is 0 Å². The smallest absolute Gasteiger partial charge is 0.274 e. The number of aromatic nitrogens is 2. The molecule has 0 unspecified atom stereocenters. The number of imide groups is 1. The van der Waals surface area contributed by atoms with Crippen molar-refractivity contribution in [3.05, 3.63) is 63.1 Å². The van der Waals surface area contributed by atoms with E-state index in [1.807, 2.05) is 0 Å². The van der Waals surface area contributed by atoms with Gasteiger partial charge in [0.1, 0.15) is 5.69 Å². The van der Waals surface area contributed by atoms with Crippen molar-refractivity contribution < 1.29 is 19.2 Å². The molecule has 1 N–H and O–H groups in total. The molecule has 1 fully saturated rings. The van der Waals surface area contributed by atoms with E-state index in [1.54, 1.807) is 36.6 Å². The predicted molar refractivity (Wildman–Crippen MR) is 113 cm³/mol. The van der Waals surface area contributed by atoms with Gasteiger partial charge < -0.3 is 9.80 Å². The summed E-state index contributed by atoms with van der Waals surface area (Å²) in [4.78, 5) is 66.4. The van der Waals surface area contributed by atoms with Gasteiger partial charge in [0.2, 0.25) is 0 Å². The fourth-order valence-corrected chi connectivity index (χ4v) is 3.90. The maximum Gasteiger partial charge on any atom is 0.274 e. The van der Waals surface area contributed by atoms with Crippen LogP contribution in [0.15, 0.2) is 35.1 Å². The largest absolute Gasteiger partial charge is 0.335 e. The van der Waals surface area contributed by atoms with E-state index in [9.17, 15) is 24.0 Å². The zero-order valence-electron chi connectivity index (χ0n) is 18.0. The molecule has 0 aliphatic carbocycles. The molecule has 0 spiro atoms. The van der Waals surface area contributed by atoms with Crippen LogP contribution in [0.25, 0.3) is 0 Å². The van der Waals surface area contributed by atoms with Gasteiger partial charge in [-0.2, -0.15) is 5.10 Å². The van der Waals surface area contributed by atoms with E-state index in [2.05, 4.69) is 10.2 Å². The standard InChI is InChI=1S/C22H23N5O5/c1-22(2,3)27-19(30)14-5-4-13(12-15(14)20(27)31)18(29)25-8-10-26(11-9-25)21(32)16-6-7-17(28)24-23-16/h4-7,12H,8-11H2,1-3H3,(H,24,28). The number of carbonyl (C=O) groups excluding carboxylic acids is 4. The Bertz CT molecular complexity index is 1170. The third-order valence-electron chi connectivity index (χ3n) is 5.56. The van der Waals surface area contributed by atoms with Gasteiger partial charge in [-0.25, -0.2) is 5.10 Å². The normalized spacial score (nSPS) is 16.4. The number of aromatic amines is 1. The van der Waals surface area contributed by atoms with Gasteiger partial charge in [-0.1, -0.05) is 0 Å². The Morgan fingerprint density at radius 1 is 0.844 bits per heavy atom. The first-order chi connectivity index (χ1) is 15.1. The predicted octanol–water partition coefficient (Wildman–Crippen LogP) is 0.763. The Morgan fingerprint density at radius 2 is 1.44 bits per heavy atom. The molecule has 2 aliphatic rings. The van der Waals surface area contributed by atoms with Gasteiger partial charge >= 0.3 is 0 Å². The zero-order chi connectivity index (χ0) is 23.2. The van der Waals surface area contributed by atoms with Gasteiger partial charge in [-0.15, -0.1) is 0 Å². The number of hydrogen-bond acceptors (Lipinski definition) is 6. The quantitative estimate of drug-likeness (QED) is 0.692. The van der Waals surface area contributed by atoms with Crippen LogP contribution in [0, 0.1) is 0 Å². The highest BCUT2D eigenvalue weighted by Gasteiger charge is 2.42. The van der Waals surface area contributed by atoms with Gasteiger partial charge in [0.05, 0.1) is 11.1 Å². The van der Waals surface area contributed by atoms with Crippen LogP contribution < -0.4 is 5.56 Å². The summed E-state index contributed by atoms with van der Waals surface area (Å²) >= 11 is 0. The fraction of sp³-hybridized carbons (Fsp3) is 0.364. The third kappa shape index (κ3) is 3.68. The molecule has 166 valence electrons. The number of rotatable bonds is 2. The molecule has 2 aromatic rings. The van der Waals surface area contributed by atoms with Crippen molar-refractivity contribution >= 4 is 23.6 Å². The van der Waals surface area contributed by atoms with E-state index in [0.29, 0.717) is 37.3 Å². The van der Waals surface area contributed by atoms with E-state index in [-0.39, 0.29) is 29.0 Å². The second kappa shape index (κ2) is 7.70. The minimum absolute atomic E-state index is 0.134. The average Bonchev–Trinajstić information content (AvgIpc) is 3.03. The first-order valence-corrected chi connectivity index (χ1v) is 10.2. The van der Waals surface area contributed by atoms with Gasteiger partial charge in [0, 0.05) is 43.3 Å². The molecule has 0 radical (unpaired) electrons. The van der Waals surface area contributed by atoms with Crippen LogP contribution in [-0.4, -0.2) is 80.2 Å². The Morgan fingerprint density at radius 3 is 2.00 bits per heavy atom. The molecule has 0 saturated carbocycles. The maximum absolute atomic E-state index is 13.0. The van der Waals surface area contributed by atoms with Crippen molar-refractivity contribution in [2.24, 2.45) is 0 Å². The van der Waals surface area contributed by atoms with Gasteiger partial charge in [0.15, 0.2) is 0 Å². The number of fused-ring (bicyclic) bond motifs is 1. The van der Waals surface area contributed by atoms with Crippen molar-refractivity contribution in [1.82, 2.24) is 24.9 Å². The van der Waals surface area contributed by atoms with Crippen LogP contribution in [-0.2, 0) is 0 Å². The molecule has 0 atom stereocenters. The Balaban J connectivity index is 1.46. The highest BCUT2D eigenvalue weighted by molar-refractivity contribution is 6.22. The van der Waals surface area contributed by atoms with Crippen molar-refractivity contribution in [3.8, 4) is 0 Å². The summed E-state index contributed by atoms with van der Waals surface area (Å²) < 4.78 is 0. The molecule has 2 aliphatic heterocycles. The van der Waals surface area contributed by atoms with Crippen molar-refractivity contribution in [2.75, 3.05) is 26.2 Å². The molecular formula is C22H23N5O5. The summed E-state index contributed by atoms with van der Waals surface area (Å²) in [7, 11) is 0. The number of piperazine rings is 1. The van der Waals surface area contributed by atoms with E-state index in [1.165, 1.54) is 29.2 Å². The summed E-state index contributed by atoms with van der Waals surface area (Å²) in [5, 5.41) is 5.99. The molecular weight excluding hydrogens is 414 g/mol. The minimum Gasteiger partial charge on any atom is -0.335 e. The lowest BCUT2D eigenvalue weighted by Gasteiger charge is -2.34. The highest BCUT2D eigenvalue weighted by Crippen LogP contribution is 2.30. The van der Waals surface area contributed by atoms with E-state index in [0.717, 1.165) is 0 Å². The minimum atomic E-state index is -0.666. The first kappa shape index (κ1) is 21.4. The molecule has 10 heteroatoms. The SMILES string of the molecule is CC(C)(C)N1C(=O)c2ccc(C(=O)N3CCN(C(=O)c4ccc(=O)[nH]n4)CC3)cc2C1=O. The monoisotopic (exact) mass is 437 g/mol.